The highest BCUT2D eigenvalue weighted by Crippen LogP contribution is 2.37. The molecule has 1 aliphatic rings. The van der Waals surface area contributed by atoms with Crippen LogP contribution in [0.4, 0.5) is 5.69 Å². The molecule has 0 radical (unpaired) electrons. The van der Waals surface area contributed by atoms with Gasteiger partial charge in [0.15, 0.2) is 16.7 Å². The molecule has 180 valence electrons. The van der Waals surface area contributed by atoms with Gasteiger partial charge in [0.2, 0.25) is 0 Å². The number of aryl methyl sites for hydroxylation is 1. The van der Waals surface area contributed by atoms with E-state index in [9.17, 15) is 4.79 Å². The van der Waals surface area contributed by atoms with Crippen LogP contribution >= 0.6 is 43.6 Å². The van der Waals surface area contributed by atoms with Gasteiger partial charge in [-0.15, -0.1) is 0 Å². The Morgan fingerprint density at radius 2 is 1.63 bits per heavy atom. The van der Waals surface area contributed by atoms with E-state index >= 15 is 0 Å². The Balaban J connectivity index is 1.53. The minimum Gasteiger partial charge on any atom is -0.490 e. The molecule has 0 spiro atoms. The van der Waals surface area contributed by atoms with Crippen molar-refractivity contribution < 1.29 is 14.3 Å². The Kier molecular flexibility index (Phi) is 8.70. The first-order chi connectivity index (χ1) is 16.9. The van der Waals surface area contributed by atoms with Crippen LogP contribution in [-0.4, -0.2) is 17.7 Å². The number of aliphatic imine (C=N–C) groups is 1. The summed E-state index contributed by atoms with van der Waals surface area (Å²) in [5.41, 5.74) is 3.92. The van der Waals surface area contributed by atoms with Crippen molar-refractivity contribution in [1.82, 2.24) is 5.32 Å². The van der Waals surface area contributed by atoms with E-state index in [1.165, 1.54) is 17.3 Å². The molecule has 4 rings (SSSR count). The number of hydrogen-bond acceptors (Lipinski definition) is 5. The molecule has 0 atom stereocenters. The summed E-state index contributed by atoms with van der Waals surface area (Å²) in [4.78, 5) is 17.7. The van der Waals surface area contributed by atoms with Gasteiger partial charge in [-0.3, -0.25) is 4.79 Å². The van der Waals surface area contributed by atoms with E-state index in [1.54, 1.807) is 0 Å². The summed E-state index contributed by atoms with van der Waals surface area (Å²) in [5.74, 6) is 1.07. The molecule has 1 saturated heterocycles. The van der Waals surface area contributed by atoms with Crippen LogP contribution in [0.2, 0.25) is 0 Å². The first-order valence-corrected chi connectivity index (χ1v) is 13.6. The topological polar surface area (TPSA) is 59.9 Å². The number of benzene rings is 3. The third kappa shape index (κ3) is 6.78. The Labute approximate surface area is 226 Å². The van der Waals surface area contributed by atoms with Crippen LogP contribution < -0.4 is 14.8 Å². The molecule has 1 fully saturated rings. The smallest absolute Gasteiger partial charge is 0.264 e. The number of ether oxygens (including phenoxy) is 2. The zero-order chi connectivity index (χ0) is 24.8. The maximum atomic E-state index is 12.6. The largest absolute Gasteiger partial charge is 0.490 e. The van der Waals surface area contributed by atoms with Gasteiger partial charge in [0.25, 0.3) is 5.91 Å². The number of nitrogens with one attached hydrogen (secondary N) is 1. The number of halogens is 2. The number of amidine groups is 1. The minimum atomic E-state index is -0.181. The number of carbonyl (C=O) groups is 1. The minimum absolute atomic E-state index is 0.181. The van der Waals surface area contributed by atoms with Crippen molar-refractivity contribution >= 4 is 66.5 Å². The molecule has 5 nitrogen and oxygen atoms in total. The summed E-state index contributed by atoms with van der Waals surface area (Å²) in [6, 6.07) is 19.7. The SMILES string of the molecule is CCOc1cc(/C=C2\SC(=Nc3ccc(CC)cc3)NC2=O)c(Br)cc1OCc1ccc(Br)cc1. The monoisotopic (exact) mass is 614 g/mol. The summed E-state index contributed by atoms with van der Waals surface area (Å²) < 4.78 is 13.7. The lowest BCUT2D eigenvalue weighted by molar-refractivity contribution is -0.115. The second-order valence-corrected chi connectivity index (χ2v) is 10.5. The Morgan fingerprint density at radius 3 is 2.31 bits per heavy atom. The van der Waals surface area contributed by atoms with E-state index in [4.69, 9.17) is 9.47 Å². The molecule has 3 aromatic rings. The van der Waals surface area contributed by atoms with Gasteiger partial charge in [-0.2, -0.15) is 0 Å². The normalized spacial score (nSPS) is 15.5. The van der Waals surface area contributed by atoms with Gasteiger partial charge >= 0.3 is 0 Å². The third-order valence-corrected chi connectivity index (χ3v) is 7.31. The second kappa shape index (κ2) is 11.9. The molecule has 0 aromatic heterocycles. The van der Waals surface area contributed by atoms with Crippen LogP contribution in [0, 0.1) is 0 Å². The molecule has 0 aliphatic carbocycles. The van der Waals surface area contributed by atoms with Crippen LogP contribution in [0.1, 0.15) is 30.5 Å². The molecule has 1 amide bonds. The fourth-order valence-corrected chi connectivity index (χ4v) is 4.86. The lowest BCUT2D eigenvalue weighted by atomic mass is 10.1. The van der Waals surface area contributed by atoms with Crippen molar-refractivity contribution in [2.45, 2.75) is 26.9 Å². The fraction of sp³-hybridized carbons (Fsp3) is 0.185. The van der Waals surface area contributed by atoms with Crippen LogP contribution in [-0.2, 0) is 17.8 Å². The zero-order valence-corrected chi connectivity index (χ0v) is 23.3. The summed E-state index contributed by atoms with van der Waals surface area (Å²) in [7, 11) is 0. The summed E-state index contributed by atoms with van der Waals surface area (Å²) in [6.07, 6.45) is 2.80. The van der Waals surface area contributed by atoms with Crippen LogP contribution in [0.15, 0.2) is 79.5 Å². The van der Waals surface area contributed by atoms with Gasteiger partial charge in [-0.05, 0) is 84.3 Å². The van der Waals surface area contributed by atoms with Crippen LogP contribution in [0.5, 0.6) is 11.5 Å². The van der Waals surface area contributed by atoms with Crippen molar-refractivity contribution in [3.05, 3.63) is 91.2 Å². The van der Waals surface area contributed by atoms with Crippen LogP contribution in [0.3, 0.4) is 0 Å². The van der Waals surface area contributed by atoms with Crippen molar-refractivity contribution in [2.24, 2.45) is 4.99 Å². The average molecular weight is 616 g/mol. The van der Waals surface area contributed by atoms with Gasteiger partial charge in [0, 0.05) is 8.95 Å². The highest BCUT2D eigenvalue weighted by Gasteiger charge is 2.24. The second-order valence-electron chi connectivity index (χ2n) is 7.67. The van der Waals surface area contributed by atoms with Gasteiger partial charge in [-0.25, -0.2) is 4.99 Å². The number of nitrogens with zero attached hydrogens (tertiary/aromatic N) is 1. The van der Waals surface area contributed by atoms with E-state index in [1.807, 2.05) is 73.7 Å². The fourth-order valence-electron chi connectivity index (χ4n) is 3.33. The Hall–Kier alpha value is -2.55. The van der Waals surface area contributed by atoms with Crippen molar-refractivity contribution in [3.63, 3.8) is 0 Å². The summed E-state index contributed by atoms with van der Waals surface area (Å²) in [6.45, 7) is 4.95. The number of carbonyl (C=O) groups excluding carboxylic acids is 1. The molecule has 0 bridgehead atoms. The standard InChI is InChI=1S/C27H24Br2N2O3S/c1-3-17-7-11-21(12-8-17)30-27-31-26(32)25(35-27)14-19-13-23(33-4-2)24(15-22(19)29)34-16-18-5-9-20(28)10-6-18/h5-15H,3-4,16H2,1-2H3,(H,30,31,32)/b25-14-. The first kappa shape index (κ1) is 25.5. The molecular formula is C27H24Br2N2O3S. The zero-order valence-electron chi connectivity index (χ0n) is 19.3. The van der Waals surface area contributed by atoms with Gasteiger partial charge < -0.3 is 14.8 Å². The number of amides is 1. The van der Waals surface area contributed by atoms with E-state index in [2.05, 4.69) is 49.1 Å². The van der Waals surface area contributed by atoms with Crippen LogP contribution in [0.25, 0.3) is 6.08 Å². The molecular weight excluding hydrogens is 592 g/mol. The van der Waals surface area contributed by atoms with E-state index < -0.39 is 0 Å². The molecule has 1 heterocycles. The van der Waals surface area contributed by atoms with E-state index in [0.29, 0.717) is 34.8 Å². The highest BCUT2D eigenvalue weighted by molar-refractivity contribution is 9.10. The molecule has 8 heteroatoms. The molecule has 1 N–H and O–H groups in total. The first-order valence-electron chi connectivity index (χ1n) is 11.2. The number of rotatable bonds is 8. The van der Waals surface area contributed by atoms with Gasteiger partial charge in [0.1, 0.15) is 6.61 Å². The van der Waals surface area contributed by atoms with Gasteiger partial charge in [0.05, 0.1) is 17.2 Å². The average Bonchev–Trinajstić information content (AvgIpc) is 3.20. The Bertz CT molecular complexity index is 1270. The molecule has 3 aromatic carbocycles. The lowest BCUT2D eigenvalue weighted by Crippen LogP contribution is -2.19. The molecule has 1 aliphatic heterocycles. The number of hydrogen-bond donors (Lipinski definition) is 1. The maximum Gasteiger partial charge on any atom is 0.264 e. The molecule has 35 heavy (non-hydrogen) atoms. The highest BCUT2D eigenvalue weighted by atomic mass is 79.9. The van der Waals surface area contributed by atoms with Crippen molar-refractivity contribution in [3.8, 4) is 11.5 Å². The van der Waals surface area contributed by atoms with Gasteiger partial charge in [-0.1, -0.05) is 63.0 Å². The third-order valence-electron chi connectivity index (χ3n) is 5.18. The van der Waals surface area contributed by atoms with E-state index in [-0.39, 0.29) is 5.91 Å². The van der Waals surface area contributed by atoms with Crippen molar-refractivity contribution in [2.75, 3.05) is 6.61 Å². The van der Waals surface area contributed by atoms with Crippen molar-refractivity contribution in [1.29, 1.82) is 0 Å². The predicted octanol–water partition coefficient (Wildman–Crippen LogP) is 7.64. The quantitative estimate of drug-likeness (QED) is 0.265. The molecule has 0 unspecified atom stereocenters. The van der Waals surface area contributed by atoms with E-state index in [0.717, 1.165) is 32.2 Å². The Morgan fingerprint density at radius 1 is 0.943 bits per heavy atom. The maximum absolute atomic E-state index is 12.6. The summed E-state index contributed by atoms with van der Waals surface area (Å²) in [5, 5.41) is 3.40. The lowest BCUT2D eigenvalue weighted by Gasteiger charge is -2.14. The number of thioether (sulfide) groups is 1. The molecule has 0 saturated carbocycles. The summed E-state index contributed by atoms with van der Waals surface area (Å²) >= 11 is 8.38. The predicted molar refractivity (Wildman–Crippen MR) is 150 cm³/mol.